The molecule has 6 aromatic rings. The number of rotatable bonds is 10. The predicted octanol–water partition coefficient (Wildman–Crippen LogP) is 8.17. The highest BCUT2D eigenvalue weighted by Crippen LogP contribution is 2.27. The van der Waals surface area contributed by atoms with Crippen molar-refractivity contribution >= 4 is 44.1 Å². The normalized spacial score (nSPS) is 12.4. The molecule has 0 spiro atoms. The number of ether oxygens (including phenoxy) is 1. The molecule has 1 heterocycles. The standard InChI is InChI=1S/C39H31NO5S2/c1-26(41)36-22-16-32(37-5-3-4-6-38(36)37)24-46(43)34-20-14-29(15-21-34)31-11-17-33(40-23-31)25-47(44)35-18-12-28(13-19-35)27-7-9-30(10-8-27)39(42)45-2/h3-23H,24-25H2,1-2H3. The quantitative estimate of drug-likeness (QED) is 0.109. The first-order valence-electron chi connectivity index (χ1n) is 14.9. The van der Waals surface area contributed by atoms with Crippen LogP contribution in [0.3, 0.4) is 0 Å². The molecule has 0 aliphatic rings. The predicted molar refractivity (Wildman–Crippen MR) is 187 cm³/mol. The van der Waals surface area contributed by atoms with Crippen molar-refractivity contribution in [3.63, 3.8) is 0 Å². The van der Waals surface area contributed by atoms with E-state index in [1.54, 1.807) is 25.3 Å². The van der Waals surface area contributed by atoms with E-state index in [1.165, 1.54) is 7.11 Å². The summed E-state index contributed by atoms with van der Waals surface area (Å²) in [6.45, 7) is 1.56. The fraction of sp³-hybridized carbons (Fsp3) is 0.103. The molecule has 5 aromatic carbocycles. The molecule has 0 aliphatic carbocycles. The smallest absolute Gasteiger partial charge is 0.337 e. The van der Waals surface area contributed by atoms with Crippen molar-refractivity contribution in [2.45, 2.75) is 28.2 Å². The Morgan fingerprint density at radius 3 is 1.70 bits per heavy atom. The summed E-state index contributed by atoms with van der Waals surface area (Å²) in [6.07, 6.45) is 1.77. The van der Waals surface area contributed by atoms with Gasteiger partial charge in [-0.15, -0.1) is 0 Å². The molecule has 0 amide bonds. The van der Waals surface area contributed by atoms with Gasteiger partial charge in [-0.2, -0.15) is 0 Å². The molecular weight excluding hydrogens is 627 g/mol. The van der Waals surface area contributed by atoms with Crippen LogP contribution in [0.15, 0.2) is 137 Å². The van der Waals surface area contributed by atoms with Gasteiger partial charge < -0.3 is 4.74 Å². The Balaban J connectivity index is 1.08. The lowest BCUT2D eigenvalue weighted by molar-refractivity contribution is 0.0600. The van der Waals surface area contributed by atoms with Crippen LogP contribution in [0.1, 0.15) is 38.9 Å². The number of hydrogen-bond acceptors (Lipinski definition) is 6. The van der Waals surface area contributed by atoms with E-state index in [2.05, 4.69) is 4.98 Å². The van der Waals surface area contributed by atoms with Crippen LogP contribution in [0.4, 0.5) is 0 Å². The average Bonchev–Trinajstić information content (AvgIpc) is 3.11. The summed E-state index contributed by atoms with van der Waals surface area (Å²) in [5, 5.41) is 1.82. The Morgan fingerprint density at radius 1 is 0.617 bits per heavy atom. The van der Waals surface area contributed by atoms with Crippen molar-refractivity contribution < 1.29 is 22.7 Å². The summed E-state index contributed by atoms with van der Waals surface area (Å²) in [7, 11) is -1.19. The van der Waals surface area contributed by atoms with Crippen LogP contribution in [-0.4, -0.2) is 32.3 Å². The molecular formula is C39H31NO5S2. The molecule has 0 fully saturated rings. The lowest BCUT2D eigenvalue weighted by Crippen LogP contribution is -2.01. The topological polar surface area (TPSA) is 90.4 Å². The SMILES string of the molecule is COC(=O)c1ccc(-c2ccc(S(=O)Cc3ccc(-c4ccc(S(=O)Cc5ccc(C(C)=O)c6ccccc56)cc4)cn3)cc2)cc1. The highest BCUT2D eigenvalue weighted by Gasteiger charge is 2.13. The Labute approximate surface area is 278 Å². The number of nitrogens with zero attached hydrogens (tertiary/aromatic N) is 1. The third kappa shape index (κ3) is 7.19. The molecule has 6 nitrogen and oxygen atoms in total. The summed E-state index contributed by atoms with van der Waals surface area (Å²) in [5.74, 6) is 0.259. The van der Waals surface area contributed by atoms with Crippen molar-refractivity contribution in [2.24, 2.45) is 0 Å². The first-order chi connectivity index (χ1) is 22.8. The number of carbonyl (C=O) groups excluding carboxylic acids is 2. The van der Waals surface area contributed by atoms with E-state index in [4.69, 9.17) is 4.74 Å². The zero-order valence-corrected chi connectivity index (χ0v) is 27.5. The molecule has 2 atom stereocenters. The number of fused-ring (bicyclic) bond motifs is 1. The van der Waals surface area contributed by atoms with Crippen LogP contribution in [0.25, 0.3) is 33.0 Å². The van der Waals surface area contributed by atoms with E-state index in [9.17, 15) is 18.0 Å². The number of esters is 1. The van der Waals surface area contributed by atoms with E-state index in [0.717, 1.165) is 49.2 Å². The summed E-state index contributed by atoms with van der Waals surface area (Å²) in [5.41, 5.74) is 6.56. The second kappa shape index (κ2) is 14.2. The van der Waals surface area contributed by atoms with Gasteiger partial charge in [-0.05, 0) is 82.4 Å². The number of Topliss-reactive ketones (excluding diaryl/α,β-unsaturated/α-hetero) is 1. The molecule has 0 bridgehead atoms. The Bertz CT molecular complexity index is 2120. The van der Waals surface area contributed by atoms with Gasteiger partial charge in [0.2, 0.25) is 0 Å². The number of ketones is 1. The molecule has 0 radical (unpaired) electrons. The highest BCUT2D eigenvalue weighted by atomic mass is 32.2. The molecule has 0 saturated heterocycles. The van der Waals surface area contributed by atoms with Crippen molar-refractivity contribution in [3.8, 4) is 22.3 Å². The van der Waals surface area contributed by atoms with Crippen LogP contribution in [0, 0.1) is 0 Å². The zero-order valence-electron chi connectivity index (χ0n) is 25.8. The van der Waals surface area contributed by atoms with Gasteiger partial charge in [-0.3, -0.25) is 18.2 Å². The molecule has 2 unspecified atom stereocenters. The average molecular weight is 658 g/mol. The molecule has 0 saturated carbocycles. The number of aromatic nitrogens is 1. The first-order valence-corrected chi connectivity index (χ1v) is 17.6. The van der Waals surface area contributed by atoms with Gasteiger partial charge in [0.25, 0.3) is 0 Å². The van der Waals surface area contributed by atoms with Gasteiger partial charge in [0, 0.05) is 27.1 Å². The highest BCUT2D eigenvalue weighted by molar-refractivity contribution is 7.84. The van der Waals surface area contributed by atoms with Gasteiger partial charge in [-0.1, -0.05) is 78.9 Å². The van der Waals surface area contributed by atoms with Crippen LogP contribution in [-0.2, 0) is 37.8 Å². The molecule has 1 aromatic heterocycles. The van der Waals surface area contributed by atoms with Crippen molar-refractivity contribution in [2.75, 3.05) is 7.11 Å². The third-order valence-electron chi connectivity index (χ3n) is 7.99. The summed E-state index contributed by atoms with van der Waals surface area (Å²) in [4.78, 5) is 29.7. The maximum Gasteiger partial charge on any atom is 0.337 e. The maximum absolute atomic E-state index is 13.3. The maximum atomic E-state index is 13.3. The second-order valence-corrected chi connectivity index (χ2v) is 13.9. The molecule has 8 heteroatoms. The van der Waals surface area contributed by atoms with Crippen LogP contribution >= 0.6 is 0 Å². The van der Waals surface area contributed by atoms with Gasteiger partial charge >= 0.3 is 5.97 Å². The molecule has 6 rings (SSSR count). The van der Waals surface area contributed by atoms with Gasteiger partial charge in [0.05, 0.1) is 51.5 Å². The van der Waals surface area contributed by atoms with Crippen molar-refractivity contribution in [3.05, 3.63) is 150 Å². The molecule has 234 valence electrons. The fourth-order valence-electron chi connectivity index (χ4n) is 5.43. The second-order valence-electron chi connectivity index (χ2n) is 11.0. The van der Waals surface area contributed by atoms with Crippen LogP contribution in [0.5, 0.6) is 0 Å². The van der Waals surface area contributed by atoms with E-state index < -0.39 is 21.6 Å². The van der Waals surface area contributed by atoms with Gasteiger partial charge in [0.1, 0.15) is 0 Å². The minimum absolute atomic E-state index is 0.00793. The van der Waals surface area contributed by atoms with Gasteiger partial charge in [0.15, 0.2) is 5.78 Å². The first kappa shape index (κ1) is 31.9. The Hall–Kier alpha value is -5.05. The molecule has 47 heavy (non-hydrogen) atoms. The lowest BCUT2D eigenvalue weighted by atomic mass is 9.98. The molecule has 0 N–H and O–H groups in total. The van der Waals surface area contributed by atoms with Gasteiger partial charge in [-0.25, -0.2) is 4.79 Å². The number of pyridine rings is 1. The van der Waals surface area contributed by atoms with E-state index >= 15 is 0 Å². The zero-order chi connectivity index (χ0) is 32.9. The number of benzene rings is 5. The van der Waals surface area contributed by atoms with E-state index in [-0.39, 0.29) is 17.5 Å². The van der Waals surface area contributed by atoms with Crippen LogP contribution in [0.2, 0.25) is 0 Å². The van der Waals surface area contributed by atoms with Crippen molar-refractivity contribution in [1.29, 1.82) is 0 Å². The number of methoxy groups -OCH3 is 1. The van der Waals surface area contributed by atoms with E-state index in [0.29, 0.717) is 21.8 Å². The number of hydrogen-bond donors (Lipinski definition) is 0. The van der Waals surface area contributed by atoms with E-state index in [1.807, 2.05) is 109 Å². The van der Waals surface area contributed by atoms with Crippen molar-refractivity contribution in [1.82, 2.24) is 4.98 Å². The summed E-state index contributed by atoms with van der Waals surface area (Å²) >= 11 is 0. The Kier molecular flexibility index (Phi) is 9.61. The third-order valence-corrected chi connectivity index (χ3v) is 10.7. The fourth-order valence-corrected chi connectivity index (χ4v) is 7.62. The number of carbonyl (C=O) groups is 2. The van der Waals surface area contributed by atoms with Crippen LogP contribution < -0.4 is 0 Å². The lowest BCUT2D eigenvalue weighted by Gasteiger charge is -2.10. The summed E-state index contributed by atoms with van der Waals surface area (Å²) < 4.78 is 31.2. The largest absolute Gasteiger partial charge is 0.465 e. The monoisotopic (exact) mass is 657 g/mol. The summed E-state index contributed by atoms with van der Waals surface area (Å²) in [6, 6.07) is 37.6. The molecule has 0 aliphatic heterocycles. The minimum Gasteiger partial charge on any atom is -0.465 e. The minimum atomic E-state index is -1.27. The Morgan fingerprint density at radius 2 is 1.15 bits per heavy atom.